The lowest BCUT2D eigenvalue weighted by Crippen LogP contribution is -1.91. The van der Waals surface area contributed by atoms with Crippen LogP contribution in [0.1, 0.15) is 11.1 Å². The van der Waals surface area contributed by atoms with E-state index in [1.165, 1.54) is 0 Å². The number of benzene rings is 5. The Bertz CT molecular complexity index is 1390. The summed E-state index contributed by atoms with van der Waals surface area (Å²) in [5.74, 6) is 0.263. The Balaban J connectivity index is 1.47. The molecule has 0 unspecified atom stereocenters. The molecule has 0 radical (unpaired) electrons. The van der Waals surface area contributed by atoms with E-state index in [0.717, 1.165) is 32.7 Å². The summed E-state index contributed by atoms with van der Waals surface area (Å²) in [7, 11) is 0. The summed E-state index contributed by atoms with van der Waals surface area (Å²) in [5.41, 5.74) is 2.71. The molecule has 0 aliphatic carbocycles. The zero-order valence-corrected chi connectivity index (χ0v) is 17.2. The van der Waals surface area contributed by atoms with Crippen molar-refractivity contribution in [3.8, 4) is 11.5 Å². The van der Waals surface area contributed by atoms with Gasteiger partial charge in [-0.15, -0.1) is 0 Å². The van der Waals surface area contributed by atoms with Crippen LogP contribution in [0.2, 0.25) is 0 Å². The Morgan fingerprint density at radius 1 is 0.469 bits per heavy atom. The fourth-order valence-electron chi connectivity index (χ4n) is 3.66. The molecule has 0 atom stereocenters. The Morgan fingerprint density at radius 3 is 1.22 bits per heavy atom. The summed E-state index contributed by atoms with van der Waals surface area (Å²) in [4.78, 5) is 9.03. The van der Waals surface area contributed by atoms with Gasteiger partial charge in [-0.05, 0) is 45.8 Å². The molecule has 0 aromatic heterocycles. The van der Waals surface area contributed by atoms with Crippen LogP contribution in [-0.4, -0.2) is 22.6 Å². The maximum absolute atomic E-state index is 10.4. The van der Waals surface area contributed by atoms with Gasteiger partial charge in [0.05, 0.1) is 0 Å². The molecule has 0 saturated carbocycles. The second-order valence-electron chi connectivity index (χ2n) is 7.52. The SMILES string of the molecule is Oc1cc2ccccc2cc1N=Cc1ccccc1C=Nc1cc2ccccc2cc1O. The number of aromatic hydroxyl groups is 2. The molecule has 0 bridgehead atoms. The van der Waals surface area contributed by atoms with Crippen molar-refractivity contribution in [2.45, 2.75) is 0 Å². The van der Waals surface area contributed by atoms with Gasteiger partial charge in [0, 0.05) is 23.6 Å². The lowest BCUT2D eigenvalue weighted by Gasteiger charge is -2.05. The van der Waals surface area contributed by atoms with Crippen LogP contribution in [0.3, 0.4) is 0 Å². The predicted molar refractivity (Wildman–Crippen MR) is 132 cm³/mol. The van der Waals surface area contributed by atoms with E-state index < -0.39 is 0 Å². The molecule has 0 fully saturated rings. The molecule has 0 heterocycles. The van der Waals surface area contributed by atoms with Gasteiger partial charge < -0.3 is 10.2 Å². The lowest BCUT2D eigenvalue weighted by atomic mass is 10.1. The lowest BCUT2D eigenvalue weighted by molar-refractivity contribution is 0.477. The first kappa shape index (κ1) is 19.5. The van der Waals surface area contributed by atoms with Crippen molar-refractivity contribution in [1.82, 2.24) is 0 Å². The quantitative estimate of drug-likeness (QED) is 0.313. The van der Waals surface area contributed by atoms with Crippen molar-refractivity contribution >= 4 is 45.3 Å². The van der Waals surface area contributed by atoms with Gasteiger partial charge in [-0.3, -0.25) is 9.98 Å². The van der Waals surface area contributed by atoms with Crippen LogP contribution in [0.25, 0.3) is 21.5 Å². The van der Waals surface area contributed by atoms with Gasteiger partial charge in [-0.25, -0.2) is 0 Å². The van der Waals surface area contributed by atoms with Gasteiger partial charge >= 0.3 is 0 Å². The minimum atomic E-state index is 0.132. The highest BCUT2D eigenvalue weighted by atomic mass is 16.3. The molecule has 2 N–H and O–H groups in total. The number of hydrogen-bond acceptors (Lipinski definition) is 4. The fraction of sp³-hybridized carbons (Fsp3) is 0. The molecule has 0 aliphatic heterocycles. The van der Waals surface area contributed by atoms with E-state index in [9.17, 15) is 10.2 Å². The van der Waals surface area contributed by atoms with Crippen molar-refractivity contribution in [2.24, 2.45) is 9.98 Å². The van der Waals surface area contributed by atoms with E-state index in [0.29, 0.717) is 11.4 Å². The van der Waals surface area contributed by atoms with Crippen molar-refractivity contribution in [2.75, 3.05) is 0 Å². The van der Waals surface area contributed by atoms with Crippen LogP contribution < -0.4 is 0 Å². The molecule has 0 spiro atoms. The van der Waals surface area contributed by atoms with E-state index in [1.807, 2.05) is 84.9 Å². The van der Waals surface area contributed by atoms with Crippen molar-refractivity contribution in [1.29, 1.82) is 0 Å². The van der Waals surface area contributed by atoms with E-state index in [2.05, 4.69) is 9.98 Å². The predicted octanol–water partition coefficient (Wildman–Crippen LogP) is 6.91. The van der Waals surface area contributed by atoms with Crippen LogP contribution in [0.5, 0.6) is 11.5 Å². The van der Waals surface area contributed by atoms with Crippen LogP contribution in [0, 0.1) is 0 Å². The van der Waals surface area contributed by atoms with Gasteiger partial charge in [0.15, 0.2) is 0 Å². The number of phenolic OH excluding ortho intramolecular Hbond substituents is 2. The second kappa shape index (κ2) is 8.36. The third-order valence-corrected chi connectivity index (χ3v) is 5.37. The van der Waals surface area contributed by atoms with Crippen LogP contribution in [0.4, 0.5) is 11.4 Å². The van der Waals surface area contributed by atoms with Crippen LogP contribution in [0.15, 0.2) is 107 Å². The number of phenols is 2. The molecule has 5 aromatic carbocycles. The van der Waals surface area contributed by atoms with E-state index in [1.54, 1.807) is 24.6 Å². The third kappa shape index (κ3) is 3.94. The van der Waals surface area contributed by atoms with E-state index in [-0.39, 0.29) is 11.5 Å². The monoisotopic (exact) mass is 416 g/mol. The van der Waals surface area contributed by atoms with Crippen LogP contribution in [-0.2, 0) is 0 Å². The number of rotatable bonds is 4. The molecular formula is C28H20N2O2. The summed E-state index contributed by atoms with van der Waals surface area (Å²) in [6, 6.07) is 30.6. The average molecular weight is 416 g/mol. The molecule has 0 saturated heterocycles. The summed E-state index contributed by atoms with van der Waals surface area (Å²) in [6.45, 7) is 0. The number of aliphatic imine (C=N–C) groups is 2. The van der Waals surface area contributed by atoms with Gasteiger partial charge in [-0.2, -0.15) is 0 Å². The van der Waals surface area contributed by atoms with Crippen LogP contribution >= 0.6 is 0 Å². The Morgan fingerprint density at radius 2 is 0.812 bits per heavy atom. The summed E-state index contributed by atoms with van der Waals surface area (Å²) in [5, 5.41) is 24.7. The van der Waals surface area contributed by atoms with E-state index in [4.69, 9.17) is 0 Å². The molecule has 5 rings (SSSR count). The average Bonchev–Trinajstić information content (AvgIpc) is 2.82. The number of fused-ring (bicyclic) bond motifs is 2. The Labute approximate surface area is 185 Å². The third-order valence-electron chi connectivity index (χ3n) is 5.37. The Hall–Kier alpha value is -4.44. The number of nitrogens with zero attached hydrogens (tertiary/aromatic N) is 2. The molecule has 32 heavy (non-hydrogen) atoms. The molecule has 154 valence electrons. The van der Waals surface area contributed by atoms with Gasteiger partial charge in [-0.1, -0.05) is 72.8 Å². The molecule has 0 aliphatic rings. The maximum Gasteiger partial charge on any atom is 0.141 e. The molecule has 4 nitrogen and oxygen atoms in total. The fourth-order valence-corrected chi connectivity index (χ4v) is 3.66. The number of hydrogen-bond donors (Lipinski definition) is 2. The standard InChI is InChI=1S/C28H20N2O2/c31-27-15-21-9-3-1-7-19(21)13-25(27)29-17-23-11-5-6-12-24(23)18-30-26-14-20-8-2-4-10-22(20)16-28(26)32/h1-18,31-32H. The highest BCUT2D eigenvalue weighted by Crippen LogP contribution is 2.33. The first-order chi connectivity index (χ1) is 15.7. The molecule has 5 aromatic rings. The van der Waals surface area contributed by atoms with Gasteiger partial charge in [0.2, 0.25) is 0 Å². The van der Waals surface area contributed by atoms with Gasteiger partial charge in [0.1, 0.15) is 22.9 Å². The normalized spacial score (nSPS) is 11.8. The zero-order chi connectivity index (χ0) is 21.9. The molecule has 0 amide bonds. The zero-order valence-electron chi connectivity index (χ0n) is 17.2. The second-order valence-corrected chi connectivity index (χ2v) is 7.52. The summed E-state index contributed by atoms with van der Waals surface area (Å²) < 4.78 is 0. The Kier molecular flexibility index (Phi) is 5.10. The molecule has 4 heteroatoms. The topological polar surface area (TPSA) is 65.2 Å². The minimum Gasteiger partial charge on any atom is -0.506 e. The smallest absolute Gasteiger partial charge is 0.141 e. The largest absolute Gasteiger partial charge is 0.506 e. The van der Waals surface area contributed by atoms with Crippen molar-refractivity contribution in [3.05, 3.63) is 108 Å². The minimum absolute atomic E-state index is 0.132. The summed E-state index contributed by atoms with van der Waals surface area (Å²) in [6.07, 6.45) is 3.43. The van der Waals surface area contributed by atoms with Gasteiger partial charge in [0.25, 0.3) is 0 Å². The molecular weight excluding hydrogens is 396 g/mol. The highest BCUT2D eigenvalue weighted by molar-refractivity contribution is 5.97. The van der Waals surface area contributed by atoms with Crippen molar-refractivity contribution < 1.29 is 10.2 Å². The van der Waals surface area contributed by atoms with E-state index >= 15 is 0 Å². The van der Waals surface area contributed by atoms with Crippen molar-refractivity contribution in [3.63, 3.8) is 0 Å². The first-order valence-electron chi connectivity index (χ1n) is 10.3. The highest BCUT2D eigenvalue weighted by Gasteiger charge is 2.05. The maximum atomic E-state index is 10.4. The first-order valence-corrected chi connectivity index (χ1v) is 10.3. The summed E-state index contributed by atoms with van der Waals surface area (Å²) >= 11 is 0.